The Labute approximate surface area is 129 Å². The van der Waals surface area contributed by atoms with Crippen LogP contribution in [0.4, 0.5) is 0 Å². The number of hydrogen-bond acceptors (Lipinski definition) is 2. The normalized spacial score (nSPS) is 18.9. The van der Waals surface area contributed by atoms with Crippen LogP contribution in [0.1, 0.15) is 71.1 Å². The molecule has 1 aliphatic rings. The second kappa shape index (κ2) is 5.64. The predicted octanol–water partition coefficient (Wildman–Crippen LogP) is 4.71. The molecular weight excluding hydrogens is 260 g/mol. The highest BCUT2D eigenvalue weighted by Crippen LogP contribution is 2.42. The molecule has 2 rings (SSSR count). The fourth-order valence-corrected chi connectivity index (χ4v) is 2.67. The van der Waals surface area contributed by atoms with Gasteiger partial charge in [0.05, 0.1) is 12.7 Å². The molecule has 1 N–H and O–H groups in total. The van der Waals surface area contributed by atoms with Crippen molar-refractivity contribution in [3.05, 3.63) is 28.8 Å². The Hall–Kier alpha value is -1.02. The van der Waals surface area contributed by atoms with Crippen molar-refractivity contribution in [2.75, 3.05) is 6.61 Å². The molecule has 118 valence electrons. The molecule has 1 fully saturated rings. The van der Waals surface area contributed by atoms with Crippen LogP contribution >= 0.6 is 0 Å². The quantitative estimate of drug-likeness (QED) is 0.770. The number of phenolic OH excluding ortho intramolecular Hbond substituents is 1. The fraction of sp³-hybridized carbons (Fsp3) is 0.684. The molecule has 0 saturated carbocycles. The van der Waals surface area contributed by atoms with Crippen LogP contribution in [0, 0.1) is 0 Å². The van der Waals surface area contributed by atoms with E-state index in [1.807, 2.05) is 0 Å². The summed E-state index contributed by atoms with van der Waals surface area (Å²) < 4.78 is 5.38. The van der Waals surface area contributed by atoms with Crippen LogP contribution in [0.25, 0.3) is 0 Å². The van der Waals surface area contributed by atoms with Crippen LogP contribution in [-0.4, -0.2) is 17.8 Å². The summed E-state index contributed by atoms with van der Waals surface area (Å²) in [5.41, 5.74) is 3.44. The SMILES string of the molecule is CCC(C)(C)c1cc(CC2CO2)cc(C(C)(C)CC)c1O. The van der Waals surface area contributed by atoms with Gasteiger partial charge in [-0.25, -0.2) is 0 Å². The first-order valence-electron chi connectivity index (χ1n) is 8.19. The first-order valence-corrected chi connectivity index (χ1v) is 8.19. The van der Waals surface area contributed by atoms with Crippen LogP contribution in [0.2, 0.25) is 0 Å². The Bertz CT molecular complexity index is 473. The van der Waals surface area contributed by atoms with E-state index in [0.29, 0.717) is 11.9 Å². The summed E-state index contributed by atoms with van der Waals surface area (Å²) in [6, 6.07) is 4.38. The maximum Gasteiger partial charge on any atom is 0.123 e. The Kier molecular flexibility index (Phi) is 4.39. The zero-order chi connectivity index (χ0) is 15.8. The second-order valence-electron chi connectivity index (χ2n) is 7.67. The van der Waals surface area contributed by atoms with Crippen molar-refractivity contribution >= 4 is 0 Å². The van der Waals surface area contributed by atoms with Crippen LogP contribution < -0.4 is 0 Å². The fourth-order valence-electron chi connectivity index (χ4n) is 2.67. The van der Waals surface area contributed by atoms with E-state index in [2.05, 4.69) is 53.7 Å². The molecule has 1 aromatic rings. The number of ether oxygens (including phenoxy) is 1. The van der Waals surface area contributed by atoms with E-state index < -0.39 is 0 Å². The van der Waals surface area contributed by atoms with Gasteiger partial charge in [0.2, 0.25) is 0 Å². The lowest BCUT2D eigenvalue weighted by Gasteiger charge is -2.31. The molecule has 0 aromatic heterocycles. The topological polar surface area (TPSA) is 32.8 Å². The summed E-state index contributed by atoms with van der Waals surface area (Å²) in [6.45, 7) is 14.1. The van der Waals surface area contributed by atoms with Crippen molar-refractivity contribution in [2.45, 2.75) is 77.7 Å². The predicted molar refractivity (Wildman–Crippen MR) is 88.2 cm³/mol. The molecule has 1 atom stereocenters. The summed E-state index contributed by atoms with van der Waals surface area (Å²) in [5, 5.41) is 10.9. The van der Waals surface area contributed by atoms with Gasteiger partial charge in [-0.1, -0.05) is 53.7 Å². The number of epoxide rings is 1. The average molecular weight is 290 g/mol. The van der Waals surface area contributed by atoms with Crippen molar-refractivity contribution in [3.63, 3.8) is 0 Å². The third-order valence-electron chi connectivity index (χ3n) is 5.26. The molecule has 1 aliphatic heterocycles. The number of benzene rings is 1. The molecule has 1 heterocycles. The van der Waals surface area contributed by atoms with Gasteiger partial charge in [-0.3, -0.25) is 0 Å². The standard InChI is InChI=1S/C19H30O2/c1-7-18(3,4)15-10-13(9-14-12-21-14)11-16(17(15)20)19(5,6)8-2/h10-11,14,20H,7-9,12H2,1-6H3. The van der Waals surface area contributed by atoms with E-state index in [1.165, 1.54) is 5.56 Å². The van der Waals surface area contributed by atoms with Crippen molar-refractivity contribution in [3.8, 4) is 5.75 Å². The minimum Gasteiger partial charge on any atom is -0.507 e. The lowest BCUT2D eigenvalue weighted by molar-refractivity contribution is 0.395. The maximum atomic E-state index is 10.9. The summed E-state index contributed by atoms with van der Waals surface area (Å²) in [7, 11) is 0. The minimum atomic E-state index is -0.0108. The van der Waals surface area contributed by atoms with Gasteiger partial charge in [0.15, 0.2) is 0 Å². The number of phenols is 1. The summed E-state index contributed by atoms with van der Waals surface area (Å²) >= 11 is 0. The summed E-state index contributed by atoms with van der Waals surface area (Å²) in [6.07, 6.45) is 3.36. The van der Waals surface area contributed by atoms with Crippen molar-refractivity contribution in [1.82, 2.24) is 0 Å². The summed E-state index contributed by atoms with van der Waals surface area (Å²) in [5.74, 6) is 0.495. The van der Waals surface area contributed by atoms with Crippen molar-refractivity contribution < 1.29 is 9.84 Å². The Morgan fingerprint density at radius 1 is 1.05 bits per heavy atom. The van der Waals surface area contributed by atoms with Gasteiger partial charge in [-0.2, -0.15) is 0 Å². The molecule has 0 amide bonds. The molecule has 1 unspecified atom stereocenters. The van der Waals surface area contributed by atoms with Gasteiger partial charge < -0.3 is 9.84 Å². The molecule has 0 bridgehead atoms. The van der Waals surface area contributed by atoms with Gasteiger partial charge in [0.1, 0.15) is 5.75 Å². The Morgan fingerprint density at radius 2 is 1.48 bits per heavy atom. The number of aromatic hydroxyl groups is 1. The lowest BCUT2D eigenvalue weighted by Crippen LogP contribution is -2.21. The molecule has 0 spiro atoms. The largest absolute Gasteiger partial charge is 0.507 e. The lowest BCUT2D eigenvalue weighted by atomic mass is 9.74. The van der Waals surface area contributed by atoms with Crippen LogP contribution in [-0.2, 0) is 22.0 Å². The zero-order valence-electron chi connectivity index (χ0n) is 14.4. The number of rotatable bonds is 6. The monoisotopic (exact) mass is 290 g/mol. The van der Waals surface area contributed by atoms with Crippen LogP contribution in [0.15, 0.2) is 12.1 Å². The Morgan fingerprint density at radius 3 is 1.81 bits per heavy atom. The zero-order valence-corrected chi connectivity index (χ0v) is 14.4. The molecule has 2 heteroatoms. The van der Waals surface area contributed by atoms with Gasteiger partial charge in [0.25, 0.3) is 0 Å². The molecule has 0 aliphatic carbocycles. The van der Waals surface area contributed by atoms with E-state index >= 15 is 0 Å². The van der Waals surface area contributed by atoms with Crippen LogP contribution in [0.3, 0.4) is 0 Å². The van der Waals surface area contributed by atoms with E-state index in [4.69, 9.17) is 4.74 Å². The average Bonchev–Trinajstić information content (AvgIpc) is 3.24. The van der Waals surface area contributed by atoms with E-state index in [9.17, 15) is 5.11 Å². The molecule has 1 aromatic carbocycles. The highest BCUT2D eigenvalue weighted by atomic mass is 16.6. The van der Waals surface area contributed by atoms with E-state index in [1.54, 1.807) is 0 Å². The first kappa shape index (κ1) is 16.4. The second-order valence-corrected chi connectivity index (χ2v) is 7.67. The third-order valence-corrected chi connectivity index (χ3v) is 5.26. The minimum absolute atomic E-state index is 0.0108. The van der Waals surface area contributed by atoms with Crippen molar-refractivity contribution in [2.24, 2.45) is 0 Å². The smallest absolute Gasteiger partial charge is 0.123 e. The highest BCUT2D eigenvalue weighted by Gasteiger charge is 2.31. The van der Waals surface area contributed by atoms with Gasteiger partial charge in [-0.05, 0) is 29.2 Å². The molecular formula is C19H30O2. The summed E-state index contributed by atoms with van der Waals surface area (Å²) in [4.78, 5) is 0. The number of hydrogen-bond donors (Lipinski definition) is 1. The third kappa shape index (κ3) is 3.42. The maximum absolute atomic E-state index is 10.9. The first-order chi connectivity index (χ1) is 9.71. The molecule has 1 saturated heterocycles. The van der Waals surface area contributed by atoms with Gasteiger partial charge in [-0.15, -0.1) is 0 Å². The molecule has 2 nitrogen and oxygen atoms in total. The van der Waals surface area contributed by atoms with Crippen LogP contribution in [0.5, 0.6) is 5.75 Å². The highest BCUT2D eigenvalue weighted by molar-refractivity contribution is 5.50. The van der Waals surface area contributed by atoms with Gasteiger partial charge >= 0.3 is 0 Å². The molecule has 21 heavy (non-hydrogen) atoms. The molecule has 0 radical (unpaired) electrons. The van der Waals surface area contributed by atoms with E-state index in [0.717, 1.165) is 37.0 Å². The van der Waals surface area contributed by atoms with E-state index in [-0.39, 0.29) is 10.8 Å². The van der Waals surface area contributed by atoms with Crippen molar-refractivity contribution in [1.29, 1.82) is 0 Å². The Balaban J connectivity index is 2.55. The van der Waals surface area contributed by atoms with Gasteiger partial charge in [0, 0.05) is 17.5 Å².